The summed E-state index contributed by atoms with van der Waals surface area (Å²) in [6.07, 6.45) is -1.64. The molecular weight excluding hydrogens is 324 g/mol. The highest BCUT2D eigenvalue weighted by Crippen LogP contribution is 2.38. The Labute approximate surface area is 138 Å². The van der Waals surface area contributed by atoms with Crippen molar-refractivity contribution >= 4 is 17.6 Å². The second-order valence-corrected chi connectivity index (χ2v) is 6.35. The van der Waals surface area contributed by atoms with E-state index in [1.165, 1.54) is 0 Å². The molecule has 1 aliphatic carbocycles. The van der Waals surface area contributed by atoms with Crippen LogP contribution in [-0.4, -0.2) is 53.8 Å². The van der Waals surface area contributed by atoms with E-state index in [9.17, 15) is 15.0 Å². The number of halogens is 1. The summed E-state index contributed by atoms with van der Waals surface area (Å²) < 4.78 is 16.2. The van der Waals surface area contributed by atoms with Gasteiger partial charge < -0.3 is 24.4 Å². The largest absolute Gasteiger partial charge is 0.491 e. The van der Waals surface area contributed by atoms with Crippen molar-refractivity contribution in [1.29, 1.82) is 0 Å². The Balaban J connectivity index is 1.44. The number of ether oxygens (including phenoxy) is 3. The lowest BCUT2D eigenvalue weighted by atomic mass is 10.0. The topological polar surface area (TPSA) is 85.2 Å². The summed E-state index contributed by atoms with van der Waals surface area (Å²) in [5.41, 5.74) is 0. The van der Waals surface area contributed by atoms with E-state index < -0.39 is 18.3 Å². The van der Waals surface area contributed by atoms with Crippen LogP contribution in [0.4, 0.5) is 0 Å². The zero-order valence-electron chi connectivity index (χ0n) is 12.4. The molecule has 0 spiro atoms. The van der Waals surface area contributed by atoms with Gasteiger partial charge in [-0.2, -0.15) is 0 Å². The molecule has 6 nitrogen and oxygen atoms in total. The van der Waals surface area contributed by atoms with Crippen LogP contribution in [0.1, 0.15) is 12.8 Å². The molecule has 2 aliphatic rings. The van der Waals surface area contributed by atoms with Gasteiger partial charge in [-0.15, -0.1) is 0 Å². The predicted octanol–water partition coefficient (Wildman–Crippen LogP) is 1.16. The molecule has 4 unspecified atom stereocenters. The summed E-state index contributed by atoms with van der Waals surface area (Å²) in [5, 5.41) is 20.5. The zero-order chi connectivity index (χ0) is 16.4. The summed E-state index contributed by atoms with van der Waals surface area (Å²) >= 11 is 5.78. The van der Waals surface area contributed by atoms with E-state index in [1.54, 1.807) is 24.3 Å². The summed E-state index contributed by atoms with van der Waals surface area (Å²) in [4.78, 5) is 11.3. The van der Waals surface area contributed by atoms with Crippen LogP contribution in [-0.2, 0) is 14.3 Å². The monoisotopic (exact) mass is 342 g/mol. The summed E-state index contributed by atoms with van der Waals surface area (Å²) in [6.45, 7) is 0.0840. The molecule has 1 heterocycles. The van der Waals surface area contributed by atoms with E-state index in [4.69, 9.17) is 25.8 Å². The fraction of sp³-hybridized carbons (Fsp3) is 0.562. The van der Waals surface area contributed by atoms with Crippen LogP contribution in [0.2, 0.25) is 5.02 Å². The lowest BCUT2D eigenvalue weighted by Crippen LogP contribution is -2.34. The first-order valence-electron chi connectivity index (χ1n) is 7.58. The van der Waals surface area contributed by atoms with Crippen LogP contribution >= 0.6 is 11.6 Å². The molecule has 2 fully saturated rings. The van der Waals surface area contributed by atoms with Crippen molar-refractivity contribution in [3.63, 3.8) is 0 Å². The van der Waals surface area contributed by atoms with Gasteiger partial charge in [-0.3, -0.25) is 4.79 Å². The molecule has 23 heavy (non-hydrogen) atoms. The number of aliphatic hydroxyl groups is 2. The lowest BCUT2D eigenvalue weighted by Gasteiger charge is -2.22. The van der Waals surface area contributed by atoms with Crippen LogP contribution in [0.3, 0.4) is 0 Å². The third kappa shape index (κ3) is 3.95. The Hall–Kier alpha value is -1.34. The average molecular weight is 343 g/mol. The quantitative estimate of drug-likeness (QED) is 0.755. The minimum Gasteiger partial charge on any atom is -0.491 e. The van der Waals surface area contributed by atoms with E-state index in [0.29, 0.717) is 17.2 Å². The predicted molar refractivity (Wildman–Crippen MR) is 81.3 cm³/mol. The minimum atomic E-state index is -0.838. The van der Waals surface area contributed by atoms with Crippen molar-refractivity contribution in [2.24, 2.45) is 5.92 Å². The molecule has 7 heteroatoms. The summed E-state index contributed by atoms with van der Waals surface area (Å²) in [5.74, 6) is 0.207. The zero-order valence-corrected chi connectivity index (χ0v) is 13.2. The highest BCUT2D eigenvalue weighted by molar-refractivity contribution is 6.30. The van der Waals surface area contributed by atoms with Crippen molar-refractivity contribution in [1.82, 2.24) is 0 Å². The van der Waals surface area contributed by atoms with Gasteiger partial charge >= 0.3 is 5.97 Å². The fourth-order valence-corrected chi connectivity index (χ4v) is 3.19. The first-order chi connectivity index (χ1) is 11.0. The van der Waals surface area contributed by atoms with Crippen molar-refractivity contribution in [2.75, 3.05) is 13.2 Å². The van der Waals surface area contributed by atoms with E-state index in [0.717, 1.165) is 0 Å². The molecule has 0 aromatic heterocycles. The van der Waals surface area contributed by atoms with Gasteiger partial charge in [0.15, 0.2) is 0 Å². The highest BCUT2D eigenvalue weighted by atomic mass is 35.5. The maximum Gasteiger partial charge on any atom is 0.306 e. The molecule has 0 amide bonds. The van der Waals surface area contributed by atoms with Crippen molar-refractivity contribution in [2.45, 2.75) is 37.3 Å². The number of fused-ring (bicyclic) bond motifs is 1. The molecule has 126 valence electrons. The molecule has 1 saturated carbocycles. The Morgan fingerprint density at radius 3 is 2.78 bits per heavy atom. The molecule has 1 saturated heterocycles. The van der Waals surface area contributed by atoms with Gasteiger partial charge in [-0.05, 0) is 24.3 Å². The molecule has 5 atom stereocenters. The van der Waals surface area contributed by atoms with Gasteiger partial charge in [0.2, 0.25) is 0 Å². The van der Waals surface area contributed by atoms with Crippen molar-refractivity contribution in [3.05, 3.63) is 29.3 Å². The number of benzene rings is 1. The Bertz CT molecular complexity index is 548. The number of aliphatic hydroxyl groups excluding tert-OH is 2. The second-order valence-electron chi connectivity index (χ2n) is 5.92. The smallest absolute Gasteiger partial charge is 0.306 e. The average Bonchev–Trinajstić information content (AvgIpc) is 3.00. The summed E-state index contributed by atoms with van der Waals surface area (Å²) in [7, 11) is 0. The third-order valence-corrected chi connectivity index (χ3v) is 4.43. The first kappa shape index (κ1) is 16.5. The standard InChI is InChI=1S/C16H19ClO6/c17-9-1-3-11(4-2-9)21-7-10(18)8-22-16-12-5-15(20)23-14(12)6-13(16)19/h1-4,10,12-14,16,18-19H,5-8H2/t10?,12-,13?,14?,16?/m1/s1. The van der Waals surface area contributed by atoms with Crippen molar-refractivity contribution in [3.8, 4) is 5.75 Å². The van der Waals surface area contributed by atoms with Gasteiger partial charge in [0.05, 0.1) is 25.2 Å². The minimum absolute atomic E-state index is 0.0206. The van der Waals surface area contributed by atoms with Crippen molar-refractivity contribution < 1.29 is 29.2 Å². The number of carbonyl (C=O) groups excluding carboxylic acids is 1. The maximum absolute atomic E-state index is 11.3. The molecular formula is C16H19ClO6. The van der Waals surface area contributed by atoms with Crippen LogP contribution in [0.15, 0.2) is 24.3 Å². The maximum atomic E-state index is 11.3. The van der Waals surface area contributed by atoms with Gasteiger partial charge in [0, 0.05) is 17.4 Å². The first-order valence-corrected chi connectivity index (χ1v) is 7.96. The van der Waals surface area contributed by atoms with E-state index in [2.05, 4.69) is 0 Å². The molecule has 0 bridgehead atoms. The van der Waals surface area contributed by atoms with E-state index in [1.807, 2.05) is 0 Å². The van der Waals surface area contributed by atoms with Gasteiger partial charge in [-0.25, -0.2) is 0 Å². The Morgan fingerprint density at radius 2 is 2.04 bits per heavy atom. The Kier molecular flexibility index (Phi) is 5.06. The molecule has 1 aliphatic heterocycles. The fourth-order valence-electron chi connectivity index (χ4n) is 3.06. The highest BCUT2D eigenvalue weighted by Gasteiger charge is 2.50. The normalized spacial score (nSPS) is 30.8. The molecule has 1 aromatic rings. The third-order valence-electron chi connectivity index (χ3n) is 4.17. The lowest BCUT2D eigenvalue weighted by molar-refractivity contribution is -0.142. The van der Waals surface area contributed by atoms with Crippen LogP contribution in [0, 0.1) is 5.92 Å². The van der Waals surface area contributed by atoms with Crippen LogP contribution < -0.4 is 4.74 Å². The number of carbonyl (C=O) groups is 1. The van der Waals surface area contributed by atoms with Crippen LogP contribution in [0.5, 0.6) is 5.75 Å². The van der Waals surface area contributed by atoms with Gasteiger partial charge in [0.25, 0.3) is 0 Å². The van der Waals surface area contributed by atoms with E-state index in [-0.39, 0.29) is 37.6 Å². The number of rotatable bonds is 6. The number of esters is 1. The van der Waals surface area contributed by atoms with E-state index >= 15 is 0 Å². The molecule has 1 aromatic carbocycles. The molecule has 3 rings (SSSR count). The number of hydrogen-bond donors (Lipinski definition) is 2. The molecule has 0 radical (unpaired) electrons. The second kappa shape index (κ2) is 7.05. The van der Waals surface area contributed by atoms with Gasteiger partial charge in [0.1, 0.15) is 24.6 Å². The van der Waals surface area contributed by atoms with Gasteiger partial charge in [-0.1, -0.05) is 11.6 Å². The molecule has 2 N–H and O–H groups in total. The summed E-state index contributed by atoms with van der Waals surface area (Å²) in [6, 6.07) is 6.82. The van der Waals surface area contributed by atoms with Crippen LogP contribution in [0.25, 0.3) is 0 Å². The Morgan fingerprint density at radius 1 is 1.30 bits per heavy atom. The SMILES string of the molecule is O=C1C[C@@H]2C(CC(O)C2OCC(O)COc2ccc(Cl)cc2)O1. The number of hydrogen-bond acceptors (Lipinski definition) is 6.